The fraction of sp³-hybridized carbons (Fsp3) is 0.333. The molecule has 0 fully saturated rings. The number of halogens is 2. The number of hydrogen-bond donors (Lipinski definition) is 1. The van der Waals surface area contributed by atoms with E-state index in [0.29, 0.717) is 11.5 Å². The molecule has 1 aliphatic heterocycles. The van der Waals surface area contributed by atoms with Gasteiger partial charge in [0.25, 0.3) is 0 Å². The number of aliphatic hydroxyl groups excluding tert-OH is 1. The molecular weight excluding hydrogens is 255 g/mol. The minimum Gasteiger partial charge on any atom is -0.454 e. The molecule has 1 aromatic carbocycles. The van der Waals surface area contributed by atoms with Crippen molar-refractivity contribution in [3.8, 4) is 11.5 Å². The van der Waals surface area contributed by atoms with E-state index in [9.17, 15) is 9.50 Å². The minimum atomic E-state index is -0.928. The maximum absolute atomic E-state index is 13.6. The SMILES string of the molecule is CC(O)c1c(F)c(Br)cc2c1OCO2. The molecule has 1 aliphatic rings. The number of fused-ring (bicyclic) bond motifs is 1. The molecule has 5 heteroatoms. The predicted molar refractivity (Wildman–Crippen MR) is 50.9 cm³/mol. The second-order valence-corrected chi connectivity index (χ2v) is 3.85. The topological polar surface area (TPSA) is 38.7 Å². The Hall–Kier alpha value is -0.810. The maximum atomic E-state index is 13.6. The van der Waals surface area contributed by atoms with E-state index in [-0.39, 0.29) is 16.8 Å². The zero-order valence-electron chi connectivity index (χ0n) is 7.38. The van der Waals surface area contributed by atoms with Gasteiger partial charge in [0.2, 0.25) is 6.79 Å². The first-order chi connectivity index (χ1) is 6.61. The van der Waals surface area contributed by atoms with Gasteiger partial charge in [-0.05, 0) is 22.9 Å². The lowest BCUT2D eigenvalue weighted by molar-refractivity contribution is 0.162. The van der Waals surface area contributed by atoms with Gasteiger partial charge in [0.15, 0.2) is 11.5 Å². The van der Waals surface area contributed by atoms with Crippen molar-refractivity contribution in [3.05, 3.63) is 21.9 Å². The number of aliphatic hydroxyl groups is 1. The van der Waals surface area contributed by atoms with E-state index >= 15 is 0 Å². The molecule has 1 atom stereocenters. The molecule has 0 spiro atoms. The second-order valence-electron chi connectivity index (χ2n) is 3.00. The quantitative estimate of drug-likeness (QED) is 0.845. The molecule has 1 aromatic rings. The Morgan fingerprint density at radius 3 is 2.93 bits per heavy atom. The van der Waals surface area contributed by atoms with Crippen LogP contribution in [0.4, 0.5) is 4.39 Å². The van der Waals surface area contributed by atoms with E-state index in [0.717, 1.165) is 0 Å². The lowest BCUT2D eigenvalue weighted by Gasteiger charge is -2.10. The van der Waals surface area contributed by atoms with Gasteiger partial charge < -0.3 is 14.6 Å². The van der Waals surface area contributed by atoms with Crippen LogP contribution in [0, 0.1) is 5.82 Å². The van der Waals surface area contributed by atoms with Crippen molar-refractivity contribution >= 4 is 15.9 Å². The molecule has 14 heavy (non-hydrogen) atoms. The van der Waals surface area contributed by atoms with Gasteiger partial charge in [-0.1, -0.05) is 0 Å². The highest BCUT2D eigenvalue weighted by atomic mass is 79.9. The number of benzene rings is 1. The Kier molecular flexibility index (Phi) is 2.36. The average molecular weight is 263 g/mol. The smallest absolute Gasteiger partial charge is 0.231 e. The molecule has 0 bridgehead atoms. The van der Waals surface area contributed by atoms with Crippen molar-refractivity contribution in [3.63, 3.8) is 0 Å². The minimum absolute atomic E-state index is 0.0605. The number of rotatable bonds is 1. The molecule has 76 valence electrons. The van der Waals surface area contributed by atoms with Crippen molar-refractivity contribution in [2.45, 2.75) is 13.0 Å². The summed E-state index contributed by atoms with van der Waals surface area (Å²) in [6.45, 7) is 1.54. The Morgan fingerprint density at radius 2 is 2.29 bits per heavy atom. The summed E-state index contributed by atoms with van der Waals surface area (Å²) in [6.07, 6.45) is -0.928. The van der Waals surface area contributed by atoms with Crippen molar-refractivity contribution in [1.82, 2.24) is 0 Å². The highest BCUT2D eigenvalue weighted by molar-refractivity contribution is 9.10. The van der Waals surface area contributed by atoms with E-state index in [1.807, 2.05) is 0 Å². The maximum Gasteiger partial charge on any atom is 0.231 e. The molecule has 1 unspecified atom stereocenters. The monoisotopic (exact) mass is 262 g/mol. The zero-order valence-corrected chi connectivity index (χ0v) is 8.97. The summed E-state index contributed by atoms with van der Waals surface area (Å²) in [5.74, 6) is 0.235. The van der Waals surface area contributed by atoms with Crippen LogP contribution >= 0.6 is 15.9 Å². The summed E-state index contributed by atoms with van der Waals surface area (Å²) in [6, 6.07) is 1.49. The molecule has 3 nitrogen and oxygen atoms in total. The van der Waals surface area contributed by atoms with Gasteiger partial charge in [0.1, 0.15) is 5.82 Å². The molecule has 1 N–H and O–H groups in total. The van der Waals surface area contributed by atoms with Crippen LogP contribution in [-0.4, -0.2) is 11.9 Å². The molecule has 0 radical (unpaired) electrons. The van der Waals surface area contributed by atoms with E-state index in [1.54, 1.807) is 0 Å². The van der Waals surface area contributed by atoms with Gasteiger partial charge in [-0.15, -0.1) is 0 Å². The van der Waals surface area contributed by atoms with Crippen LogP contribution in [0.1, 0.15) is 18.6 Å². The largest absolute Gasteiger partial charge is 0.454 e. The van der Waals surface area contributed by atoms with Crippen LogP contribution in [0.2, 0.25) is 0 Å². The fourth-order valence-electron chi connectivity index (χ4n) is 1.39. The van der Waals surface area contributed by atoms with Gasteiger partial charge in [0.05, 0.1) is 16.1 Å². The Labute approximate surface area is 88.6 Å². The van der Waals surface area contributed by atoms with E-state index < -0.39 is 11.9 Å². The van der Waals surface area contributed by atoms with Gasteiger partial charge in [-0.2, -0.15) is 0 Å². The summed E-state index contributed by atoms with van der Waals surface area (Å²) in [4.78, 5) is 0. The van der Waals surface area contributed by atoms with Gasteiger partial charge in [-0.3, -0.25) is 0 Å². The molecule has 0 amide bonds. The Morgan fingerprint density at radius 1 is 1.57 bits per heavy atom. The highest BCUT2D eigenvalue weighted by Crippen LogP contribution is 2.43. The fourth-order valence-corrected chi connectivity index (χ4v) is 1.81. The summed E-state index contributed by atoms with van der Waals surface area (Å²) in [5, 5.41) is 9.40. The third kappa shape index (κ3) is 1.36. The lowest BCUT2D eigenvalue weighted by Crippen LogP contribution is -2.00. The van der Waals surface area contributed by atoms with E-state index in [2.05, 4.69) is 15.9 Å². The summed E-state index contributed by atoms with van der Waals surface area (Å²) in [7, 11) is 0. The average Bonchev–Trinajstić information content (AvgIpc) is 2.52. The van der Waals surface area contributed by atoms with E-state index in [4.69, 9.17) is 9.47 Å². The molecule has 0 aliphatic carbocycles. The van der Waals surface area contributed by atoms with Crippen molar-refractivity contribution in [2.24, 2.45) is 0 Å². The first-order valence-electron chi connectivity index (χ1n) is 4.07. The standard InChI is InChI=1S/C9H8BrFO3/c1-4(12)7-8(11)5(10)2-6-9(7)14-3-13-6/h2,4,12H,3H2,1H3. The van der Waals surface area contributed by atoms with Crippen LogP contribution in [0.25, 0.3) is 0 Å². The normalized spacial score (nSPS) is 15.7. The zero-order chi connectivity index (χ0) is 10.3. The number of ether oxygens (including phenoxy) is 2. The van der Waals surface area contributed by atoms with Gasteiger partial charge in [0, 0.05) is 6.07 Å². The number of hydrogen-bond acceptors (Lipinski definition) is 3. The Bertz CT molecular complexity index is 379. The molecular formula is C9H8BrFO3. The predicted octanol–water partition coefficient (Wildman–Crippen LogP) is 2.37. The van der Waals surface area contributed by atoms with Gasteiger partial charge >= 0.3 is 0 Å². The highest BCUT2D eigenvalue weighted by Gasteiger charge is 2.26. The molecule has 0 saturated carbocycles. The molecule has 0 saturated heterocycles. The van der Waals surface area contributed by atoms with Crippen LogP contribution in [0.15, 0.2) is 10.5 Å². The van der Waals surface area contributed by atoms with Crippen LogP contribution < -0.4 is 9.47 Å². The van der Waals surface area contributed by atoms with Gasteiger partial charge in [-0.25, -0.2) is 4.39 Å². The molecule has 2 rings (SSSR count). The van der Waals surface area contributed by atoms with Crippen LogP contribution in [0.5, 0.6) is 11.5 Å². The van der Waals surface area contributed by atoms with Crippen LogP contribution in [-0.2, 0) is 0 Å². The summed E-state index contributed by atoms with van der Waals surface area (Å²) in [5.41, 5.74) is 0.131. The van der Waals surface area contributed by atoms with Crippen molar-refractivity contribution in [2.75, 3.05) is 6.79 Å². The third-order valence-corrected chi connectivity index (χ3v) is 2.58. The second kappa shape index (κ2) is 3.40. The first kappa shape index (κ1) is 9.73. The first-order valence-corrected chi connectivity index (χ1v) is 4.86. The van der Waals surface area contributed by atoms with E-state index in [1.165, 1.54) is 13.0 Å². The third-order valence-electron chi connectivity index (χ3n) is 2.01. The van der Waals surface area contributed by atoms with Crippen molar-refractivity contribution < 1.29 is 19.0 Å². The molecule has 1 heterocycles. The lowest BCUT2D eigenvalue weighted by atomic mass is 10.1. The van der Waals surface area contributed by atoms with Crippen molar-refractivity contribution in [1.29, 1.82) is 0 Å². The molecule has 0 aromatic heterocycles. The Balaban J connectivity index is 2.66. The summed E-state index contributed by atoms with van der Waals surface area (Å²) >= 11 is 3.05. The summed E-state index contributed by atoms with van der Waals surface area (Å²) < 4.78 is 24.0. The van der Waals surface area contributed by atoms with Crippen LogP contribution in [0.3, 0.4) is 0 Å².